The third-order valence-electron chi connectivity index (χ3n) is 4.60. The summed E-state index contributed by atoms with van der Waals surface area (Å²) in [6.07, 6.45) is 1.85. The average molecular weight is 404 g/mol. The first-order valence-electron chi connectivity index (χ1n) is 9.25. The van der Waals surface area contributed by atoms with E-state index in [0.717, 1.165) is 42.9 Å². The number of anilines is 1. The predicted molar refractivity (Wildman–Crippen MR) is 109 cm³/mol. The Bertz CT molecular complexity index is 848. The summed E-state index contributed by atoms with van der Waals surface area (Å²) in [4.78, 5) is 27.8. The molecule has 8 heteroatoms. The minimum Gasteiger partial charge on any atom is -0.497 e. The van der Waals surface area contributed by atoms with Crippen LogP contribution in [-0.2, 0) is 17.8 Å². The Morgan fingerprint density at radius 3 is 2.61 bits per heavy atom. The molecule has 2 aromatic rings. The van der Waals surface area contributed by atoms with E-state index in [4.69, 9.17) is 15.2 Å². The van der Waals surface area contributed by atoms with Gasteiger partial charge in [-0.2, -0.15) is 0 Å². The molecule has 1 aromatic heterocycles. The van der Waals surface area contributed by atoms with E-state index in [-0.39, 0.29) is 12.5 Å². The van der Waals surface area contributed by atoms with Crippen LogP contribution in [0.5, 0.6) is 11.5 Å². The summed E-state index contributed by atoms with van der Waals surface area (Å²) in [6.45, 7) is 4.68. The van der Waals surface area contributed by atoms with E-state index in [1.165, 1.54) is 11.3 Å². The number of benzene rings is 1. The van der Waals surface area contributed by atoms with Crippen molar-refractivity contribution < 1.29 is 19.1 Å². The lowest BCUT2D eigenvalue weighted by molar-refractivity contribution is -0.118. The van der Waals surface area contributed by atoms with Crippen molar-refractivity contribution in [2.24, 2.45) is 5.73 Å². The molecular weight excluding hydrogens is 378 g/mol. The third-order valence-corrected chi connectivity index (χ3v) is 5.74. The van der Waals surface area contributed by atoms with E-state index >= 15 is 0 Å². The molecule has 7 nitrogen and oxygen atoms in total. The van der Waals surface area contributed by atoms with Crippen molar-refractivity contribution in [2.75, 3.05) is 32.1 Å². The number of fused-ring (bicyclic) bond motifs is 1. The maximum Gasteiger partial charge on any atom is 0.262 e. The lowest BCUT2D eigenvalue weighted by atomic mass is 10.0. The Balaban J connectivity index is 1.67. The normalized spacial score (nSPS) is 13.6. The Morgan fingerprint density at radius 1 is 1.25 bits per heavy atom. The Hall–Kier alpha value is -2.58. The predicted octanol–water partition coefficient (Wildman–Crippen LogP) is 2.64. The standard InChI is InChI=1S/C20H25N3O4S/c1-3-9-23-10-8-15-16(11-23)28-20(18(15)19(21)25)22-17(24)12-27-14-6-4-13(26-2)5-7-14/h4-7H,3,8-12H2,1-2H3,(H2,21,25)(H,22,24). The van der Waals surface area contributed by atoms with Crippen molar-refractivity contribution in [1.82, 2.24) is 4.90 Å². The molecule has 0 unspecified atom stereocenters. The van der Waals surface area contributed by atoms with Gasteiger partial charge in [0.05, 0.1) is 12.7 Å². The summed E-state index contributed by atoms with van der Waals surface area (Å²) in [5, 5.41) is 3.31. The summed E-state index contributed by atoms with van der Waals surface area (Å²) in [7, 11) is 1.59. The van der Waals surface area contributed by atoms with Crippen LogP contribution in [0, 0.1) is 0 Å². The van der Waals surface area contributed by atoms with E-state index in [0.29, 0.717) is 22.1 Å². The number of thiophene rings is 1. The second-order valence-electron chi connectivity index (χ2n) is 6.61. The van der Waals surface area contributed by atoms with E-state index in [2.05, 4.69) is 17.1 Å². The van der Waals surface area contributed by atoms with Gasteiger partial charge in [-0.3, -0.25) is 14.5 Å². The van der Waals surface area contributed by atoms with Gasteiger partial charge in [0.25, 0.3) is 11.8 Å². The summed E-state index contributed by atoms with van der Waals surface area (Å²) in [5.41, 5.74) is 7.01. The van der Waals surface area contributed by atoms with Crippen LogP contribution in [0.25, 0.3) is 0 Å². The van der Waals surface area contributed by atoms with Crippen LogP contribution in [0.15, 0.2) is 24.3 Å². The number of amides is 2. The quantitative estimate of drug-likeness (QED) is 0.707. The van der Waals surface area contributed by atoms with Gasteiger partial charge in [0.2, 0.25) is 0 Å². The number of nitrogens with two attached hydrogens (primary N) is 1. The van der Waals surface area contributed by atoms with Gasteiger partial charge < -0.3 is 20.5 Å². The molecule has 0 atom stereocenters. The molecule has 2 amide bonds. The van der Waals surface area contributed by atoms with Gasteiger partial charge in [-0.1, -0.05) is 6.92 Å². The van der Waals surface area contributed by atoms with Crippen molar-refractivity contribution in [1.29, 1.82) is 0 Å². The van der Waals surface area contributed by atoms with Crippen molar-refractivity contribution in [3.8, 4) is 11.5 Å². The zero-order valence-corrected chi connectivity index (χ0v) is 16.9. The van der Waals surface area contributed by atoms with Crippen LogP contribution in [0.1, 0.15) is 34.1 Å². The number of ether oxygens (including phenoxy) is 2. The highest BCUT2D eigenvalue weighted by Gasteiger charge is 2.27. The minimum atomic E-state index is -0.507. The molecule has 3 N–H and O–H groups in total. The molecule has 28 heavy (non-hydrogen) atoms. The van der Waals surface area contributed by atoms with Gasteiger partial charge in [-0.15, -0.1) is 11.3 Å². The van der Waals surface area contributed by atoms with Crippen molar-refractivity contribution in [3.05, 3.63) is 40.3 Å². The largest absolute Gasteiger partial charge is 0.497 e. The van der Waals surface area contributed by atoms with Gasteiger partial charge in [0, 0.05) is 18.0 Å². The Labute approximate surface area is 168 Å². The molecule has 0 radical (unpaired) electrons. The highest BCUT2D eigenvalue weighted by atomic mass is 32.1. The van der Waals surface area contributed by atoms with Crippen LogP contribution in [0.2, 0.25) is 0 Å². The van der Waals surface area contributed by atoms with Crippen LogP contribution >= 0.6 is 11.3 Å². The number of carbonyl (C=O) groups is 2. The van der Waals surface area contributed by atoms with E-state index in [1.807, 2.05) is 0 Å². The topological polar surface area (TPSA) is 93.9 Å². The average Bonchev–Trinajstić information content (AvgIpc) is 3.04. The van der Waals surface area contributed by atoms with Gasteiger partial charge in [0.1, 0.15) is 16.5 Å². The van der Waals surface area contributed by atoms with Crippen molar-refractivity contribution in [3.63, 3.8) is 0 Å². The number of rotatable bonds is 8. The molecule has 0 bridgehead atoms. The lowest BCUT2D eigenvalue weighted by Gasteiger charge is -2.26. The molecule has 150 valence electrons. The fraction of sp³-hybridized carbons (Fsp3) is 0.400. The summed E-state index contributed by atoms with van der Waals surface area (Å²) in [5.74, 6) is 0.436. The summed E-state index contributed by atoms with van der Waals surface area (Å²) < 4.78 is 10.6. The van der Waals surface area contributed by atoms with Crippen LogP contribution in [0.4, 0.5) is 5.00 Å². The zero-order chi connectivity index (χ0) is 20.1. The van der Waals surface area contributed by atoms with Crippen LogP contribution in [0.3, 0.4) is 0 Å². The van der Waals surface area contributed by atoms with Gasteiger partial charge >= 0.3 is 0 Å². The summed E-state index contributed by atoms with van der Waals surface area (Å²) >= 11 is 1.43. The number of nitrogens with one attached hydrogen (secondary N) is 1. The molecule has 0 spiro atoms. The van der Waals surface area contributed by atoms with E-state index in [9.17, 15) is 9.59 Å². The molecule has 1 aliphatic rings. The number of hydrogen-bond acceptors (Lipinski definition) is 6. The molecule has 0 fully saturated rings. The molecule has 1 aliphatic heterocycles. The molecular formula is C20H25N3O4S. The SMILES string of the molecule is CCCN1CCc2c(sc(NC(=O)COc3ccc(OC)cc3)c2C(N)=O)C1. The molecule has 3 rings (SSSR count). The molecule has 0 aliphatic carbocycles. The fourth-order valence-corrected chi connectivity index (χ4v) is 4.61. The molecule has 0 saturated carbocycles. The van der Waals surface area contributed by atoms with Crippen LogP contribution < -0.4 is 20.5 Å². The molecule has 2 heterocycles. The third kappa shape index (κ3) is 4.63. The van der Waals surface area contributed by atoms with Crippen molar-refractivity contribution >= 4 is 28.2 Å². The monoisotopic (exact) mass is 403 g/mol. The second-order valence-corrected chi connectivity index (χ2v) is 7.72. The van der Waals surface area contributed by atoms with E-state index < -0.39 is 5.91 Å². The summed E-state index contributed by atoms with van der Waals surface area (Å²) in [6, 6.07) is 6.97. The van der Waals surface area contributed by atoms with Crippen LogP contribution in [-0.4, -0.2) is 43.5 Å². The van der Waals surface area contributed by atoms with Crippen molar-refractivity contribution in [2.45, 2.75) is 26.3 Å². The maximum absolute atomic E-state index is 12.3. The zero-order valence-electron chi connectivity index (χ0n) is 16.1. The Kier molecular flexibility index (Phi) is 6.53. The first kappa shape index (κ1) is 20.2. The number of carbonyl (C=O) groups excluding carboxylic acids is 2. The molecule has 0 saturated heterocycles. The smallest absolute Gasteiger partial charge is 0.262 e. The van der Waals surface area contributed by atoms with Gasteiger partial charge in [0.15, 0.2) is 6.61 Å². The number of hydrogen-bond donors (Lipinski definition) is 2. The number of methoxy groups -OCH3 is 1. The Morgan fingerprint density at radius 2 is 1.96 bits per heavy atom. The highest BCUT2D eigenvalue weighted by Crippen LogP contribution is 2.37. The first-order valence-corrected chi connectivity index (χ1v) is 10.1. The van der Waals surface area contributed by atoms with Gasteiger partial charge in [-0.25, -0.2) is 0 Å². The first-order chi connectivity index (χ1) is 13.5. The molecule has 1 aromatic carbocycles. The fourth-order valence-electron chi connectivity index (χ4n) is 3.30. The number of primary amides is 1. The number of nitrogens with zero attached hydrogens (tertiary/aromatic N) is 1. The van der Waals surface area contributed by atoms with Gasteiger partial charge in [-0.05, 0) is 49.2 Å². The van der Waals surface area contributed by atoms with E-state index in [1.54, 1.807) is 31.4 Å². The highest BCUT2D eigenvalue weighted by molar-refractivity contribution is 7.17. The maximum atomic E-state index is 12.3. The minimum absolute atomic E-state index is 0.158. The second kappa shape index (κ2) is 9.07. The lowest BCUT2D eigenvalue weighted by Crippen LogP contribution is -2.31.